The molecule has 0 saturated heterocycles. The van der Waals surface area contributed by atoms with Gasteiger partial charge in [-0.1, -0.05) is 24.4 Å². The fourth-order valence-corrected chi connectivity index (χ4v) is 1.39. The average Bonchev–Trinajstić information content (AvgIpc) is 2.15. The van der Waals surface area contributed by atoms with E-state index in [2.05, 4.69) is 34.9 Å². The van der Waals surface area contributed by atoms with E-state index in [9.17, 15) is 4.79 Å². The van der Waals surface area contributed by atoms with E-state index in [1.54, 1.807) is 12.1 Å². The van der Waals surface area contributed by atoms with Crippen molar-refractivity contribution < 1.29 is 9.53 Å². The highest BCUT2D eigenvalue weighted by atomic mass is 127. The number of hydrogen-bond donors (Lipinski definition) is 0. The van der Waals surface area contributed by atoms with Crippen LogP contribution in [0, 0.1) is 3.57 Å². The zero-order valence-corrected chi connectivity index (χ0v) is 8.95. The summed E-state index contributed by atoms with van der Waals surface area (Å²) in [5, 5.41) is 0. The fourth-order valence-electron chi connectivity index (χ4n) is 0.785. The van der Waals surface area contributed by atoms with Crippen molar-refractivity contribution >= 4 is 28.6 Å². The Bertz CT molecular complexity index is 365. The van der Waals surface area contributed by atoms with Crippen molar-refractivity contribution in [2.24, 2.45) is 0 Å². The van der Waals surface area contributed by atoms with E-state index < -0.39 is 0 Å². The van der Waals surface area contributed by atoms with Gasteiger partial charge in [0, 0.05) is 3.57 Å². The molecular weight excluding hydrogens is 279 g/mol. The molecule has 0 bridgehead atoms. The van der Waals surface area contributed by atoms with Crippen LogP contribution in [-0.2, 0) is 4.74 Å². The second kappa shape index (κ2) is 4.84. The Balaban J connectivity index is 2.88. The summed E-state index contributed by atoms with van der Waals surface area (Å²) in [6.07, 6.45) is 1.14. The lowest BCUT2D eigenvalue weighted by Gasteiger charge is -2.00. The zero-order valence-electron chi connectivity index (χ0n) is 6.79. The van der Waals surface area contributed by atoms with Crippen molar-refractivity contribution in [2.75, 3.05) is 0 Å². The monoisotopic (exact) mass is 286 g/mol. The molecule has 0 unspecified atom stereocenters. The molecule has 66 valence electrons. The number of carbonyl (C=O) groups is 1. The molecule has 0 aliphatic rings. The molecule has 3 heteroatoms. The minimum atomic E-state index is -0.388. The molecule has 0 radical (unpaired) electrons. The van der Waals surface area contributed by atoms with E-state index in [0.717, 1.165) is 9.83 Å². The van der Waals surface area contributed by atoms with Gasteiger partial charge >= 0.3 is 5.97 Å². The van der Waals surface area contributed by atoms with Gasteiger partial charge in [-0.15, -0.1) is 0 Å². The summed E-state index contributed by atoms with van der Waals surface area (Å²) in [6.45, 7) is 3.29. The van der Waals surface area contributed by atoms with Crippen molar-refractivity contribution in [1.29, 1.82) is 0 Å². The van der Waals surface area contributed by atoms with E-state index in [0.29, 0.717) is 5.56 Å². The smallest absolute Gasteiger partial charge is 0.344 e. The molecule has 0 fully saturated rings. The predicted octanol–water partition coefficient (Wildman–Crippen LogP) is 2.75. The Morgan fingerprint density at radius 2 is 2.23 bits per heavy atom. The van der Waals surface area contributed by atoms with Crippen LogP contribution in [-0.4, -0.2) is 5.97 Å². The molecule has 0 spiro atoms. The molecular formula is C10H7IO2. The minimum absolute atomic E-state index is 0.388. The quantitative estimate of drug-likeness (QED) is 0.361. The van der Waals surface area contributed by atoms with Crippen molar-refractivity contribution in [3.63, 3.8) is 0 Å². The molecule has 0 heterocycles. The second-order valence-electron chi connectivity index (χ2n) is 2.21. The van der Waals surface area contributed by atoms with Gasteiger partial charge in [-0.05, 0) is 34.7 Å². The highest BCUT2D eigenvalue weighted by Crippen LogP contribution is 2.12. The van der Waals surface area contributed by atoms with Crippen LogP contribution in [0.4, 0.5) is 0 Å². The summed E-state index contributed by atoms with van der Waals surface area (Å²) in [5.74, 6) is -0.388. The van der Waals surface area contributed by atoms with Crippen molar-refractivity contribution in [2.45, 2.75) is 0 Å². The third-order valence-electron chi connectivity index (χ3n) is 1.34. The van der Waals surface area contributed by atoms with E-state index in [-0.39, 0.29) is 5.97 Å². The van der Waals surface area contributed by atoms with Crippen molar-refractivity contribution in [3.8, 4) is 0 Å². The summed E-state index contributed by atoms with van der Waals surface area (Å²) in [6, 6.07) is 7.20. The maximum Gasteiger partial charge on any atom is 0.344 e. The van der Waals surface area contributed by atoms with Gasteiger partial charge in [0.15, 0.2) is 0 Å². The molecule has 0 saturated carbocycles. The van der Waals surface area contributed by atoms with Crippen LogP contribution < -0.4 is 0 Å². The predicted molar refractivity (Wildman–Crippen MR) is 58.3 cm³/mol. The molecule has 1 aromatic rings. The van der Waals surface area contributed by atoms with Crippen LogP contribution in [0.1, 0.15) is 10.4 Å². The summed E-state index contributed by atoms with van der Waals surface area (Å²) < 4.78 is 5.58. The first-order chi connectivity index (χ1) is 6.25. The Morgan fingerprint density at radius 3 is 2.85 bits per heavy atom. The summed E-state index contributed by atoms with van der Waals surface area (Å²) in [7, 11) is 0. The zero-order chi connectivity index (χ0) is 9.68. The van der Waals surface area contributed by atoms with Crippen LogP contribution in [0.2, 0.25) is 0 Å². The number of carbonyl (C=O) groups excluding carboxylic acids is 1. The number of benzene rings is 1. The number of rotatable bonds is 2. The number of hydrogen-bond acceptors (Lipinski definition) is 2. The van der Waals surface area contributed by atoms with Crippen LogP contribution in [0.3, 0.4) is 0 Å². The standard InChI is InChI=1S/C10H7IO2/c1-2-7-13-10(12)8-5-3-4-6-9(8)11/h3-7H,1H2. The second-order valence-corrected chi connectivity index (χ2v) is 3.37. The number of esters is 1. The minimum Gasteiger partial charge on any atom is -0.422 e. The van der Waals surface area contributed by atoms with Gasteiger partial charge in [0.2, 0.25) is 0 Å². The van der Waals surface area contributed by atoms with Crippen molar-refractivity contribution in [3.05, 3.63) is 52.0 Å². The van der Waals surface area contributed by atoms with Gasteiger partial charge in [0.1, 0.15) is 6.26 Å². The van der Waals surface area contributed by atoms with Gasteiger partial charge < -0.3 is 4.74 Å². The number of halogens is 1. The molecule has 0 amide bonds. The molecule has 2 nitrogen and oxygen atoms in total. The first-order valence-corrected chi connectivity index (χ1v) is 4.63. The first-order valence-electron chi connectivity index (χ1n) is 3.55. The Hall–Kier alpha value is -1.06. The van der Waals surface area contributed by atoms with Crippen molar-refractivity contribution in [1.82, 2.24) is 0 Å². The molecule has 0 aromatic heterocycles. The van der Waals surface area contributed by atoms with Crippen LogP contribution in [0.25, 0.3) is 0 Å². The lowest BCUT2D eigenvalue weighted by Crippen LogP contribution is -2.02. The third kappa shape index (κ3) is 2.72. The normalized spacial score (nSPS) is 8.69. The Morgan fingerprint density at radius 1 is 1.54 bits per heavy atom. The highest BCUT2D eigenvalue weighted by molar-refractivity contribution is 14.1. The lowest BCUT2D eigenvalue weighted by atomic mass is 10.2. The first kappa shape index (κ1) is 10.0. The van der Waals surface area contributed by atoms with Gasteiger partial charge in [-0.3, -0.25) is 0 Å². The van der Waals surface area contributed by atoms with Gasteiger partial charge in [0.05, 0.1) is 5.56 Å². The average molecular weight is 286 g/mol. The van der Waals surface area contributed by atoms with E-state index in [4.69, 9.17) is 4.74 Å². The molecule has 0 N–H and O–H groups in total. The van der Waals surface area contributed by atoms with Crippen LogP contribution in [0.15, 0.2) is 42.8 Å². The maximum absolute atomic E-state index is 11.3. The molecule has 0 aliphatic carbocycles. The topological polar surface area (TPSA) is 26.3 Å². The Labute approximate surface area is 90.0 Å². The third-order valence-corrected chi connectivity index (χ3v) is 2.28. The van der Waals surface area contributed by atoms with Crippen LogP contribution >= 0.6 is 22.6 Å². The SMILES string of the molecule is C=C=COC(=O)c1ccccc1I. The van der Waals surface area contributed by atoms with E-state index in [1.807, 2.05) is 12.1 Å². The van der Waals surface area contributed by atoms with E-state index in [1.165, 1.54) is 0 Å². The molecule has 0 atom stereocenters. The van der Waals surface area contributed by atoms with Gasteiger partial charge in [-0.2, -0.15) is 0 Å². The molecule has 1 rings (SSSR count). The highest BCUT2D eigenvalue weighted by Gasteiger charge is 2.08. The largest absolute Gasteiger partial charge is 0.422 e. The molecule has 0 aliphatic heterocycles. The number of ether oxygens (including phenoxy) is 1. The Kier molecular flexibility index (Phi) is 3.73. The van der Waals surface area contributed by atoms with Gasteiger partial charge in [-0.25, -0.2) is 4.79 Å². The van der Waals surface area contributed by atoms with E-state index >= 15 is 0 Å². The molecule has 13 heavy (non-hydrogen) atoms. The lowest BCUT2D eigenvalue weighted by molar-refractivity contribution is 0.0662. The van der Waals surface area contributed by atoms with Crippen LogP contribution in [0.5, 0.6) is 0 Å². The summed E-state index contributed by atoms with van der Waals surface area (Å²) in [4.78, 5) is 11.3. The van der Waals surface area contributed by atoms with Gasteiger partial charge in [0.25, 0.3) is 0 Å². The molecule has 1 aromatic carbocycles. The maximum atomic E-state index is 11.3. The fraction of sp³-hybridized carbons (Fsp3) is 0. The summed E-state index contributed by atoms with van der Waals surface area (Å²) in [5.41, 5.74) is 2.92. The summed E-state index contributed by atoms with van der Waals surface area (Å²) >= 11 is 2.08.